The van der Waals surface area contributed by atoms with E-state index < -0.39 is 16.8 Å². The number of carbonyl (C=O) groups is 2. The van der Waals surface area contributed by atoms with Gasteiger partial charge >= 0.3 is 11.7 Å². The molecule has 9 heteroatoms. The summed E-state index contributed by atoms with van der Waals surface area (Å²) < 4.78 is 9.89. The highest BCUT2D eigenvalue weighted by Crippen LogP contribution is 2.37. The number of benzene rings is 2. The Morgan fingerprint density at radius 2 is 1.81 bits per heavy atom. The Morgan fingerprint density at radius 1 is 1.06 bits per heavy atom. The molecule has 3 aromatic rings. The van der Waals surface area contributed by atoms with Crippen LogP contribution in [0.2, 0.25) is 0 Å². The van der Waals surface area contributed by atoms with Gasteiger partial charge in [-0.1, -0.05) is 18.2 Å². The lowest BCUT2D eigenvalue weighted by molar-refractivity contribution is -0.385. The third-order valence-corrected chi connectivity index (χ3v) is 5.76. The molecule has 1 N–H and O–H groups in total. The molecule has 0 fully saturated rings. The van der Waals surface area contributed by atoms with Crippen LogP contribution in [0.25, 0.3) is 11.1 Å². The fourth-order valence-electron chi connectivity index (χ4n) is 3.03. The molecular formula is C22H20N2O6S. The molecule has 0 atom stereocenters. The fraction of sp³-hybridized carbons (Fsp3) is 0.182. The number of thiophene rings is 1. The van der Waals surface area contributed by atoms with Gasteiger partial charge in [-0.05, 0) is 42.7 Å². The van der Waals surface area contributed by atoms with Crippen molar-refractivity contribution in [3.05, 3.63) is 74.1 Å². The van der Waals surface area contributed by atoms with Crippen LogP contribution in [-0.4, -0.2) is 31.0 Å². The van der Waals surface area contributed by atoms with Crippen molar-refractivity contribution in [2.75, 3.05) is 19.5 Å². The first kappa shape index (κ1) is 22.0. The molecule has 0 aliphatic heterocycles. The molecule has 0 saturated carbocycles. The van der Waals surface area contributed by atoms with E-state index in [2.05, 4.69) is 5.32 Å². The number of carbonyl (C=O) groups excluding carboxylic acids is 2. The summed E-state index contributed by atoms with van der Waals surface area (Å²) >= 11 is 1.17. The van der Waals surface area contributed by atoms with Crippen LogP contribution in [0.3, 0.4) is 0 Å². The number of nitrogens with one attached hydrogen (secondary N) is 1. The van der Waals surface area contributed by atoms with E-state index in [9.17, 15) is 19.7 Å². The zero-order chi connectivity index (χ0) is 22.7. The number of hydrogen-bond acceptors (Lipinski definition) is 7. The summed E-state index contributed by atoms with van der Waals surface area (Å²) in [7, 11) is 2.58. The minimum absolute atomic E-state index is 0.0463. The van der Waals surface area contributed by atoms with Crippen molar-refractivity contribution < 1.29 is 24.0 Å². The summed E-state index contributed by atoms with van der Waals surface area (Å²) in [5.74, 6) is -1.14. The van der Waals surface area contributed by atoms with E-state index >= 15 is 0 Å². The first-order valence-corrected chi connectivity index (χ1v) is 10.1. The molecule has 0 spiro atoms. The molecule has 0 radical (unpaired) electrons. The summed E-state index contributed by atoms with van der Waals surface area (Å²) in [6.07, 6.45) is 0. The van der Waals surface area contributed by atoms with Crippen LogP contribution in [0.4, 0.5) is 10.7 Å². The SMILES string of the molecule is COC(=O)c1c(-c2ccc(C)c(C)c2)csc1NC(=O)c1ccc(OC)c([N+](=O)[O-])c1. The zero-order valence-corrected chi connectivity index (χ0v) is 18.2. The molecule has 2 aromatic carbocycles. The lowest BCUT2D eigenvalue weighted by atomic mass is 9.99. The molecule has 0 saturated heterocycles. The Balaban J connectivity index is 2.00. The summed E-state index contributed by atoms with van der Waals surface area (Å²) in [4.78, 5) is 35.9. The predicted octanol–water partition coefficient (Wildman–Crippen LogP) is 4.99. The fourth-order valence-corrected chi connectivity index (χ4v) is 3.98. The van der Waals surface area contributed by atoms with Gasteiger partial charge < -0.3 is 14.8 Å². The highest BCUT2D eigenvalue weighted by molar-refractivity contribution is 7.15. The van der Waals surface area contributed by atoms with Crippen molar-refractivity contribution in [2.24, 2.45) is 0 Å². The Labute approximate surface area is 182 Å². The third kappa shape index (κ3) is 4.41. The number of esters is 1. The second-order valence-corrected chi connectivity index (χ2v) is 7.62. The van der Waals surface area contributed by atoms with E-state index in [-0.39, 0.29) is 22.6 Å². The van der Waals surface area contributed by atoms with Gasteiger partial charge in [-0.3, -0.25) is 14.9 Å². The number of hydrogen-bond donors (Lipinski definition) is 1. The number of rotatable bonds is 6. The van der Waals surface area contributed by atoms with E-state index in [1.807, 2.05) is 32.0 Å². The minimum Gasteiger partial charge on any atom is -0.490 e. The second-order valence-electron chi connectivity index (χ2n) is 6.74. The van der Waals surface area contributed by atoms with Crippen LogP contribution in [0.15, 0.2) is 41.8 Å². The number of methoxy groups -OCH3 is 2. The van der Waals surface area contributed by atoms with Crippen molar-refractivity contribution in [2.45, 2.75) is 13.8 Å². The van der Waals surface area contributed by atoms with Gasteiger partial charge in [0.05, 0.1) is 19.1 Å². The topological polar surface area (TPSA) is 108 Å². The van der Waals surface area contributed by atoms with Gasteiger partial charge in [0.25, 0.3) is 5.91 Å². The number of aryl methyl sites for hydroxylation is 2. The minimum atomic E-state index is -0.627. The van der Waals surface area contributed by atoms with Gasteiger partial charge in [0.2, 0.25) is 0 Å². The first-order chi connectivity index (χ1) is 14.8. The highest BCUT2D eigenvalue weighted by atomic mass is 32.1. The van der Waals surface area contributed by atoms with E-state index in [0.29, 0.717) is 10.6 Å². The lowest BCUT2D eigenvalue weighted by Gasteiger charge is -2.09. The molecule has 31 heavy (non-hydrogen) atoms. The highest BCUT2D eigenvalue weighted by Gasteiger charge is 2.24. The Kier molecular flexibility index (Phi) is 6.36. The quantitative estimate of drug-likeness (QED) is 0.329. The molecule has 1 aromatic heterocycles. The summed E-state index contributed by atoms with van der Waals surface area (Å²) in [5, 5.41) is 16.0. The van der Waals surface area contributed by atoms with E-state index in [4.69, 9.17) is 9.47 Å². The number of nitro groups is 1. The van der Waals surface area contributed by atoms with Crippen LogP contribution in [0.5, 0.6) is 5.75 Å². The third-order valence-electron chi connectivity index (χ3n) is 4.86. The Bertz CT molecular complexity index is 1180. The summed E-state index contributed by atoms with van der Waals surface area (Å²) in [6, 6.07) is 9.71. The van der Waals surface area contributed by atoms with Gasteiger partial charge in [-0.15, -0.1) is 11.3 Å². The molecule has 8 nitrogen and oxygen atoms in total. The molecule has 0 unspecified atom stereocenters. The van der Waals surface area contributed by atoms with E-state index in [0.717, 1.165) is 22.8 Å². The molecule has 0 aliphatic carbocycles. The number of nitro benzene ring substituents is 1. The number of ether oxygens (including phenoxy) is 2. The zero-order valence-electron chi connectivity index (χ0n) is 17.3. The van der Waals surface area contributed by atoms with Crippen molar-refractivity contribution in [3.63, 3.8) is 0 Å². The number of anilines is 1. The smallest absolute Gasteiger partial charge is 0.341 e. The number of amides is 1. The monoisotopic (exact) mass is 440 g/mol. The molecule has 3 rings (SSSR count). The maximum atomic E-state index is 12.8. The number of nitrogens with zero attached hydrogens (tertiary/aromatic N) is 1. The largest absolute Gasteiger partial charge is 0.490 e. The van der Waals surface area contributed by atoms with Gasteiger partial charge in [-0.2, -0.15) is 0 Å². The Morgan fingerprint density at radius 3 is 2.42 bits per heavy atom. The van der Waals surface area contributed by atoms with Crippen LogP contribution >= 0.6 is 11.3 Å². The normalized spacial score (nSPS) is 10.5. The summed E-state index contributed by atoms with van der Waals surface area (Å²) in [5.41, 5.74) is 3.60. The van der Waals surface area contributed by atoms with Crippen molar-refractivity contribution in [3.8, 4) is 16.9 Å². The predicted molar refractivity (Wildman–Crippen MR) is 118 cm³/mol. The standard InChI is InChI=1S/C22H20N2O6S/c1-12-5-6-14(9-13(12)2)16-11-31-21(19(16)22(26)30-4)23-20(25)15-7-8-18(29-3)17(10-15)24(27)28/h5-11H,1-4H3,(H,23,25). The van der Waals surface area contributed by atoms with Crippen molar-refractivity contribution in [1.29, 1.82) is 0 Å². The maximum absolute atomic E-state index is 12.8. The molecule has 0 bridgehead atoms. The first-order valence-electron chi connectivity index (χ1n) is 9.18. The van der Waals surface area contributed by atoms with Crippen LogP contribution in [-0.2, 0) is 4.74 Å². The lowest BCUT2D eigenvalue weighted by Crippen LogP contribution is -2.14. The van der Waals surface area contributed by atoms with Gasteiger partial charge in [-0.25, -0.2) is 4.79 Å². The molecular weight excluding hydrogens is 420 g/mol. The summed E-state index contributed by atoms with van der Waals surface area (Å²) in [6.45, 7) is 3.97. The van der Waals surface area contributed by atoms with E-state index in [1.54, 1.807) is 5.38 Å². The Hall–Kier alpha value is -3.72. The molecule has 1 heterocycles. The van der Waals surface area contributed by atoms with E-state index in [1.165, 1.54) is 37.7 Å². The van der Waals surface area contributed by atoms with Crippen LogP contribution < -0.4 is 10.1 Å². The van der Waals surface area contributed by atoms with Gasteiger partial charge in [0, 0.05) is 22.6 Å². The van der Waals surface area contributed by atoms with Gasteiger partial charge in [0.1, 0.15) is 10.6 Å². The average Bonchev–Trinajstić information content (AvgIpc) is 3.17. The molecule has 160 valence electrons. The molecule has 0 aliphatic rings. The van der Waals surface area contributed by atoms with Crippen molar-refractivity contribution in [1.82, 2.24) is 0 Å². The van der Waals surface area contributed by atoms with Crippen LogP contribution in [0.1, 0.15) is 31.8 Å². The van der Waals surface area contributed by atoms with Crippen molar-refractivity contribution >= 4 is 33.9 Å². The molecule has 1 amide bonds. The van der Waals surface area contributed by atoms with Gasteiger partial charge in [0.15, 0.2) is 5.75 Å². The second kappa shape index (κ2) is 8.97. The average molecular weight is 440 g/mol. The van der Waals surface area contributed by atoms with Crippen LogP contribution in [0, 0.1) is 24.0 Å². The maximum Gasteiger partial charge on any atom is 0.341 e.